The predicted octanol–water partition coefficient (Wildman–Crippen LogP) is 5.40. The van der Waals surface area contributed by atoms with Gasteiger partial charge >= 0.3 is 0 Å². The van der Waals surface area contributed by atoms with E-state index in [0.717, 1.165) is 11.4 Å². The van der Waals surface area contributed by atoms with Crippen molar-refractivity contribution in [1.82, 2.24) is 9.97 Å². The molecule has 2 aromatic heterocycles. The number of nitrogens with one attached hydrogen (secondary N) is 4. The first-order chi connectivity index (χ1) is 13.5. The van der Waals surface area contributed by atoms with Crippen molar-refractivity contribution in [3.63, 3.8) is 0 Å². The smallest absolute Gasteiger partial charge is 0.175 e. The van der Waals surface area contributed by atoms with Crippen molar-refractivity contribution in [1.29, 1.82) is 0 Å². The van der Waals surface area contributed by atoms with Crippen LogP contribution in [0.15, 0.2) is 61.2 Å². The van der Waals surface area contributed by atoms with E-state index in [9.17, 15) is 0 Å². The third kappa shape index (κ3) is 5.74. The van der Waals surface area contributed by atoms with Crippen LogP contribution in [-0.4, -0.2) is 20.2 Å². The first kappa shape index (κ1) is 20.2. The molecule has 0 amide bonds. The zero-order valence-corrected chi connectivity index (χ0v) is 17.4. The molecule has 0 bridgehead atoms. The number of halogens is 2. The Hall–Kier alpha value is -2.52. The van der Waals surface area contributed by atoms with Crippen LogP contribution in [0.3, 0.4) is 0 Å². The number of nitrogens with zero attached hydrogens (tertiary/aromatic N) is 2. The molecule has 0 aliphatic carbocycles. The normalized spacial score (nSPS) is 10.1. The number of aromatic nitrogens is 2. The Bertz CT molecular complexity index is 905. The van der Waals surface area contributed by atoms with Gasteiger partial charge in [0.2, 0.25) is 0 Å². The lowest BCUT2D eigenvalue weighted by Crippen LogP contribution is -2.20. The van der Waals surface area contributed by atoms with Gasteiger partial charge in [-0.15, -0.1) is 0 Å². The van der Waals surface area contributed by atoms with E-state index in [4.69, 9.17) is 47.6 Å². The summed E-state index contributed by atoms with van der Waals surface area (Å²) >= 11 is 23.3. The fourth-order valence-corrected chi connectivity index (χ4v) is 3.06. The number of hydrogen-bond donors (Lipinski definition) is 4. The molecule has 10 heteroatoms. The first-order valence-electron chi connectivity index (χ1n) is 7.96. The average Bonchev–Trinajstić information content (AvgIpc) is 2.67. The number of anilines is 4. The second kappa shape index (κ2) is 9.61. The Morgan fingerprint density at radius 3 is 1.50 bits per heavy atom. The minimum Gasteiger partial charge on any atom is -0.331 e. The molecule has 0 atom stereocenters. The lowest BCUT2D eigenvalue weighted by molar-refractivity contribution is 1.33. The summed E-state index contributed by atoms with van der Waals surface area (Å²) in [5, 5.41) is 13.6. The van der Waals surface area contributed by atoms with Crippen LogP contribution in [0.1, 0.15) is 0 Å². The van der Waals surface area contributed by atoms with E-state index in [2.05, 4.69) is 31.2 Å². The van der Waals surface area contributed by atoms with Crippen LogP contribution in [0.25, 0.3) is 0 Å². The summed E-state index contributed by atoms with van der Waals surface area (Å²) in [6.45, 7) is 0. The second-order valence-electron chi connectivity index (χ2n) is 5.45. The van der Waals surface area contributed by atoms with Gasteiger partial charge in [-0.05, 0) is 60.8 Å². The molecular weight excluding hydrogens is 435 g/mol. The Morgan fingerprint density at radius 1 is 0.714 bits per heavy atom. The SMILES string of the molecule is S=C(Nc1cccnc1)Nc1cc(Cl)c(NC(=S)Nc2cccnc2)cc1Cl. The lowest BCUT2D eigenvalue weighted by atomic mass is 10.2. The molecule has 0 aliphatic rings. The van der Waals surface area contributed by atoms with Gasteiger partial charge in [-0.3, -0.25) is 9.97 Å². The van der Waals surface area contributed by atoms with E-state index in [1.807, 2.05) is 12.1 Å². The number of rotatable bonds is 4. The third-order valence-corrected chi connectivity index (χ3v) is 4.43. The van der Waals surface area contributed by atoms with Gasteiger partial charge < -0.3 is 21.3 Å². The zero-order valence-electron chi connectivity index (χ0n) is 14.2. The average molecular weight is 449 g/mol. The highest BCUT2D eigenvalue weighted by molar-refractivity contribution is 7.81. The molecule has 142 valence electrons. The zero-order chi connectivity index (χ0) is 19.9. The van der Waals surface area contributed by atoms with E-state index >= 15 is 0 Å². The minimum absolute atomic E-state index is 0.362. The highest BCUT2D eigenvalue weighted by atomic mass is 35.5. The van der Waals surface area contributed by atoms with Crippen LogP contribution in [-0.2, 0) is 0 Å². The summed E-state index contributed by atoms with van der Waals surface area (Å²) in [5.74, 6) is 0. The van der Waals surface area contributed by atoms with Gasteiger partial charge in [0.25, 0.3) is 0 Å². The van der Waals surface area contributed by atoms with Crippen molar-refractivity contribution in [3.8, 4) is 0 Å². The van der Waals surface area contributed by atoms with E-state index in [1.54, 1.807) is 49.1 Å². The highest BCUT2D eigenvalue weighted by Crippen LogP contribution is 2.33. The van der Waals surface area contributed by atoms with Gasteiger partial charge in [-0.1, -0.05) is 23.2 Å². The maximum Gasteiger partial charge on any atom is 0.175 e. The molecule has 0 unspecified atom stereocenters. The van der Waals surface area contributed by atoms with E-state index in [-0.39, 0.29) is 0 Å². The second-order valence-corrected chi connectivity index (χ2v) is 7.08. The Labute approximate surface area is 182 Å². The van der Waals surface area contributed by atoms with E-state index in [1.165, 1.54) is 0 Å². The molecule has 0 fully saturated rings. The molecule has 3 rings (SSSR count). The summed E-state index contributed by atoms with van der Waals surface area (Å²) < 4.78 is 0. The fourth-order valence-electron chi connectivity index (χ4n) is 2.18. The molecule has 6 nitrogen and oxygen atoms in total. The summed E-state index contributed by atoms with van der Waals surface area (Å²) in [4.78, 5) is 8.04. The lowest BCUT2D eigenvalue weighted by Gasteiger charge is -2.15. The maximum atomic E-state index is 6.36. The molecule has 0 saturated carbocycles. The van der Waals surface area contributed by atoms with Crippen molar-refractivity contribution in [2.24, 2.45) is 0 Å². The van der Waals surface area contributed by atoms with Gasteiger partial charge in [-0.25, -0.2) is 0 Å². The molecule has 1 aromatic carbocycles. The minimum atomic E-state index is 0.362. The fraction of sp³-hybridized carbons (Fsp3) is 0. The third-order valence-electron chi connectivity index (χ3n) is 3.39. The Balaban J connectivity index is 1.65. The topological polar surface area (TPSA) is 73.9 Å². The van der Waals surface area contributed by atoms with Crippen molar-refractivity contribution in [2.45, 2.75) is 0 Å². The van der Waals surface area contributed by atoms with Crippen LogP contribution in [0.5, 0.6) is 0 Å². The van der Waals surface area contributed by atoms with Gasteiger partial charge in [0.05, 0.1) is 45.2 Å². The molecule has 3 aromatic rings. The van der Waals surface area contributed by atoms with E-state index < -0.39 is 0 Å². The number of hydrogen-bond acceptors (Lipinski definition) is 4. The quantitative estimate of drug-likeness (QED) is 0.395. The van der Waals surface area contributed by atoms with Gasteiger partial charge in [-0.2, -0.15) is 0 Å². The summed E-state index contributed by atoms with van der Waals surface area (Å²) in [6, 6.07) is 10.6. The molecular formula is C18H14Cl2N6S2. The maximum absolute atomic E-state index is 6.36. The van der Waals surface area contributed by atoms with Gasteiger partial charge in [0.15, 0.2) is 10.2 Å². The van der Waals surface area contributed by atoms with Crippen molar-refractivity contribution < 1.29 is 0 Å². The highest BCUT2D eigenvalue weighted by Gasteiger charge is 2.10. The van der Waals surface area contributed by atoms with Crippen LogP contribution in [0.2, 0.25) is 10.0 Å². The van der Waals surface area contributed by atoms with Crippen LogP contribution < -0.4 is 21.3 Å². The molecule has 4 N–H and O–H groups in total. The summed E-state index contributed by atoms with van der Waals surface area (Å²) in [5.41, 5.74) is 2.63. The largest absolute Gasteiger partial charge is 0.331 e. The van der Waals surface area contributed by atoms with Gasteiger partial charge in [0.1, 0.15) is 0 Å². The number of thiocarbonyl (C=S) groups is 2. The van der Waals surface area contributed by atoms with Crippen molar-refractivity contribution >= 4 is 80.6 Å². The predicted molar refractivity (Wildman–Crippen MR) is 125 cm³/mol. The molecule has 28 heavy (non-hydrogen) atoms. The first-order valence-corrected chi connectivity index (χ1v) is 9.53. The van der Waals surface area contributed by atoms with Crippen LogP contribution in [0, 0.1) is 0 Å². The summed E-state index contributed by atoms with van der Waals surface area (Å²) in [7, 11) is 0. The van der Waals surface area contributed by atoms with Crippen molar-refractivity contribution in [3.05, 3.63) is 71.2 Å². The van der Waals surface area contributed by atoms with Crippen LogP contribution >= 0.6 is 47.6 Å². The van der Waals surface area contributed by atoms with E-state index in [0.29, 0.717) is 31.6 Å². The standard InChI is InChI=1S/C18H14Cl2N6S2/c19-13-8-16(26-18(28)24-12-4-2-6-22-10-12)14(20)7-15(13)25-17(27)23-11-3-1-5-21-9-11/h1-10H,(H2,23,25,27)(H2,24,26,28). The molecule has 0 radical (unpaired) electrons. The van der Waals surface area contributed by atoms with Crippen LogP contribution in [0.4, 0.5) is 22.7 Å². The molecule has 0 aliphatic heterocycles. The molecule has 0 spiro atoms. The molecule has 2 heterocycles. The Morgan fingerprint density at radius 2 is 1.14 bits per heavy atom. The monoisotopic (exact) mass is 448 g/mol. The molecule has 0 saturated heterocycles. The summed E-state index contributed by atoms with van der Waals surface area (Å²) in [6.07, 6.45) is 6.67. The van der Waals surface area contributed by atoms with Gasteiger partial charge in [0, 0.05) is 12.4 Å². The number of benzene rings is 1. The van der Waals surface area contributed by atoms with Crippen molar-refractivity contribution in [2.75, 3.05) is 21.3 Å². The Kier molecular flexibility index (Phi) is 6.94. The number of pyridine rings is 2.